The first kappa shape index (κ1) is 22.6. The van der Waals surface area contributed by atoms with E-state index < -0.39 is 36.0 Å². The first-order chi connectivity index (χ1) is 17.1. The zero-order valence-electron chi connectivity index (χ0n) is 19.7. The summed E-state index contributed by atoms with van der Waals surface area (Å²) in [5, 5.41) is 15.1. The number of rotatable bonds is 6. The Morgan fingerprint density at radius 3 is 2.50 bits per heavy atom. The number of carbonyl (C=O) groups is 3. The van der Waals surface area contributed by atoms with Crippen LogP contribution in [0.25, 0.3) is 0 Å². The second-order valence-electron chi connectivity index (χ2n) is 10.2. The van der Waals surface area contributed by atoms with Crippen LogP contribution in [-0.4, -0.2) is 43.5 Å². The predicted octanol–water partition coefficient (Wildman–Crippen LogP) is 3.22. The van der Waals surface area contributed by atoms with E-state index in [9.17, 15) is 23.2 Å². The first-order valence-electron chi connectivity index (χ1n) is 11.8. The fourth-order valence-corrected chi connectivity index (χ4v) is 5.75. The van der Waals surface area contributed by atoms with E-state index in [1.807, 2.05) is 23.6 Å². The number of alkyl halides is 2. The van der Waals surface area contributed by atoms with Crippen LogP contribution in [0.1, 0.15) is 68.7 Å². The third kappa shape index (κ3) is 3.44. The summed E-state index contributed by atoms with van der Waals surface area (Å²) in [5.74, 6) is -4.84. The number of anilines is 1. The van der Waals surface area contributed by atoms with Crippen LogP contribution in [0.4, 0.5) is 14.5 Å². The largest absolute Gasteiger partial charge is 0.338 e. The number of Topliss-reactive ketones (excluding diaryl/α,β-unsaturated/α-hetero) is 1. The second kappa shape index (κ2) is 7.55. The van der Waals surface area contributed by atoms with Gasteiger partial charge in [-0.2, -0.15) is 0 Å². The van der Waals surface area contributed by atoms with Gasteiger partial charge in [0.1, 0.15) is 5.69 Å². The number of aryl methyl sites for hydroxylation is 1. The molecule has 2 amide bonds. The van der Waals surface area contributed by atoms with Gasteiger partial charge in [-0.05, 0) is 50.3 Å². The van der Waals surface area contributed by atoms with E-state index in [2.05, 4.69) is 26.0 Å². The minimum Gasteiger partial charge on any atom is -0.338 e. The lowest BCUT2D eigenvalue weighted by Gasteiger charge is -2.46. The van der Waals surface area contributed by atoms with Gasteiger partial charge >= 0.3 is 0 Å². The number of fused-ring (bicyclic) bond motifs is 3. The van der Waals surface area contributed by atoms with Crippen LogP contribution in [0.3, 0.4) is 0 Å². The molecule has 3 aromatic rings. The van der Waals surface area contributed by atoms with Crippen molar-refractivity contribution < 1.29 is 23.2 Å². The molecule has 11 heteroatoms. The summed E-state index contributed by atoms with van der Waals surface area (Å²) in [4.78, 5) is 39.9. The van der Waals surface area contributed by atoms with Gasteiger partial charge in [-0.1, -0.05) is 22.9 Å². The summed E-state index contributed by atoms with van der Waals surface area (Å²) in [7, 11) is 0. The van der Waals surface area contributed by atoms with Crippen molar-refractivity contribution in [2.24, 2.45) is 5.92 Å². The number of amides is 2. The minimum absolute atomic E-state index is 0.120. The third-order valence-electron chi connectivity index (χ3n) is 7.58. The summed E-state index contributed by atoms with van der Waals surface area (Å²) in [6.07, 6.45) is 1.44. The Hall–Kier alpha value is -3.89. The smallest absolute Gasteiger partial charge is 0.293 e. The number of hydrogen-bond acceptors (Lipinski definition) is 5. The lowest BCUT2D eigenvalue weighted by molar-refractivity contribution is -0.148. The third-order valence-corrected chi connectivity index (χ3v) is 7.58. The number of aromatic amines is 1. The van der Waals surface area contributed by atoms with E-state index in [-0.39, 0.29) is 23.2 Å². The highest BCUT2D eigenvalue weighted by molar-refractivity contribution is 6.44. The maximum absolute atomic E-state index is 13.8. The van der Waals surface area contributed by atoms with Gasteiger partial charge in [-0.3, -0.25) is 19.5 Å². The Labute approximate surface area is 204 Å². The molecule has 186 valence electrons. The summed E-state index contributed by atoms with van der Waals surface area (Å²) in [6.45, 7) is 3.60. The molecule has 2 fully saturated rings. The van der Waals surface area contributed by atoms with Crippen LogP contribution in [0.15, 0.2) is 30.5 Å². The van der Waals surface area contributed by atoms with Crippen molar-refractivity contribution in [1.29, 1.82) is 0 Å². The summed E-state index contributed by atoms with van der Waals surface area (Å²) >= 11 is 0. The molecule has 0 spiro atoms. The van der Waals surface area contributed by atoms with Crippen LogP contribution < -0.4 is 10.6 Å². The van der Waals surface area contributed by atoms with Crippen molar-refractivity contribution in [3.63, 3.8) is 0 Å². The number of nitrogens with one attached hydrogen (secondary N) is 3. The van der Waals surface area contributed by atoms with E-state index >= 15 is 0 Å². The van der Waals surface area contributed by atoms with Gasteiger partial charge in [0.25, 0.3) is 23.5 Å². The number of H-pyrrole nitrogens is 1. The number of halogens is 2. The molecule has 3 heterocycles. The Balaban J connectivity index is 1.31. The van der Waals surface area contributed by atoms with Crippen molar-refractivity contribution in [1.82, 2.24) is 25.3 Å². The number of aromatic nitrogens is 4. The molecular formula is C25H24F2N6O3. The first-order valence-corrected chi connectivity index (χ1v) is 11.8. The highest BCUT2D eigenvalue weighted by atomic mass is 19.3. The Kier molecular flexibility index (Phi) is 4.73. The van der Waals surface area contributed by atoms with Crippen molar-refractivity contribution in [3.05, 3.63) is 64.2 Å². The topological polar surface area (TPSA) is 122 Å². The average molecular weight is 495 g/mol. The van der Waals surface area contributed by atoms with Crippen molar-refractivity contribution >= 4 is 23.3 Å². The van der Waals surface area contributed by atoms with Gasteiger partial charge in [0.05, 0.1) is 23.0 Å². The molecule has 0 unspecified atom stereocenters. The maximum atomic E-state index is 13.8. The fourth-order valence-electron chi connectivity index (χ4n) is 5.75. The monoisotopic (exact) mass is 494 g/mol. The lowest BCUT2D eigenvalue weighted by Crippen LogP contribution is -2.61. The molecule has 3 N–H and O–H groups in total. The highest BCUT2D eigenvalue weighted by Gasteiger charge is 2.60. The van der Waals surface area contributed by atoms with E-state index in [1.165, 1.54) is 6.20 Å². The van der Waals surface area contributed by atoms with Crippen molar-refractivity contribution in [2.75, 3.05) is 5.32 Å². The normalized spacial score (nSPS) is 22.2. The van der Waals surface area contributed by atoms with E-state index in [1.54, 1.807) is 19.1 Å². The molecule has 0 bridgehead atoms. The molecule has 0 saturated heterocycles. The molecule has 1 aromatic carbocycles. The fraction of sp³-hybridized carbons (Fsp3) is 0.400. The molecule has 2 aliphatic carbocycles. The van der Waals surface area contributed by atoms with Crippen LogP contribution in [0.2, 0.25) is 0 Å². The van der Waals surface area contributed by atoms with Crippen LogP contribution in [-0.2, 0) is 16.8 Å². The Bertz CT molecular complexity index is 1400. The quantitative estimate of drug-likeness (QED) is 0.359. The number of hydrogen-bond donors (Lipinski definition) is 3. The molecule has 9 nitrogen and oxygen atoms in total. The summed E-state index contributed by atoms with van der Waals surface area (Å²) < 4.78 is 29.6. The lowest BCUT2D eigenvalue weighted by atomic mass is 9.71. The van der Waals surface area contributed by atoms with Gasteiger partial charge in [0.15, 0.2) is 0 Å². The zero-order chi connectivity index (χ0) is 25.4. The SMILES string of the molecule is Cc1ccc(NC(=O)c2c(C)c(C(=O)C(=O)NC3(c4cnn[nH]4)CC(F)(F)C3)c3n2[C@@H]2C[C@@H]2C3)cc1. The number of ketones is 1. The Morgan fingerprint density at radius 1 is 1.14 bits per heavy atom. The zero-order valence-corrected chi connectivity index (χ0v) is 19.7. The molecule has 36 heavy (non-hydrogen) atoms. The maximum Gasteiger partial charge on any atom is 0.293 e. The standard InChI is InChI=1S/C25H24F2N6O3/c1-12-3-5-15(6-4-12)29-22(35)20-13(2)19(17-8-14-7-16(14)33(17)20)21(34)23(36)30-24(10-25(26,27)11-24)18-9-28-32-31-18/h3-6,9,14,16H,7-8,10-11H2,1-2H3,(H,29,35)(H,30,36)(H,28,31,32)/t14-,16-/m1/s1. The highest BCUT2D eigenvalue weighted by Crippen LogP contribution is 2.55. The number of benzene rings is 1. The van der Waals surface area contributed by atoms with Gasteiger partial charge in [0, 0.05) is 30.3 Å². The summed E-state index contributed by atoms with van der Waals surface area (Å²) in [6, 6.07) is 7.49. The minimum atomic E-state index is -2.97. The molecule has 2 atom stereocenters. The molecule has 6 rings (SSSR count). The van der Waals surface area contributed by atoms with Gasteiger partial charge in [-0.25, -0.2) is 8.78 Å². The van der Waals surface area contributed by atoms with Crippen molar-refractivity contribution in [3.8, 4) is 0 Å². The molecule has 0 radical (unpaired) electrons. The second-order valence-corrected chi connectivity index (χ2v) is 10.2. The van der Waals surface area contributed by atoms with Crippen LogP contribution >= 0.6 is 0 Å². The van der Waals surface area contributed by atoms with Crippen LogP contribution in [0, 0.1) is 19.8 Å². The summed E-state index contributed by atoms with van der Waals surface area (Å²) in [5.41, 5.74) is 2.04. The molecule has 3 aliphatic rings. The molecule has 2 saturated carbocycles. The number of nitrogens with zero attached hydrogens (tertiary/aromatic N) is 3. The molecule has 2 aromatic heterocycles. The van der Waals surface area contributed by atoms with Gasteiger partial charge < -0.3 is 15.2 Å². The average Bonchev–Trinajstić information content (AvgIpc) is 3.14. The van der Waals surface area contributed by atoms with Crippen molar-refractivity contribution in [2.45, 2.75) is 57.0 Å². The predicted molar refractivity (Wildman–Crippen MR) is 124 cm³/mol. The Morgan fingerprint density at radius 2 is 1.86 bits per heavy atom. The molecular weight excluding hydrogens is 470 g/mol. The van der Waals surface area contributed by atoms with Crippen LogP contribution in [0.5, 0.6) is 0 Å². The van der Waals surface area contributed by atoms with E-state index in [4.69, 9.17) is 0 Å². The number of carbonyl (C=O) groups excluding carboxylic acids is 3. The van der Waals surface area contributed by atoms with Gasteiger partial charge in [0.2, 0.25) is 0 Å². The van der Waals surface area contributed by atoms with Gasteiger partial charge in [-0.15, -0.1) is 5.10 Å². The van der Waals surface area contributed by atoms with E-state index in [0.717, 1.165) is 12.0 Å². The van der Waals surface area contributed by atoms with E-state index in [0.29, 0.717) is 35.0 Å². The molecule has 1 aliphatic heterocycles.